The molecule has 2 N–H and O–H groups in total. The topological polar surface area (TPSA) is 93.2 Å². The van der Waals surface area contributed by atoms with Gasteiger partial charge in [-0.3, -0.25) is 19.6 Å². The minimum absolute atomic E-state index is 0. The summed E-state index contributed by atoms with van der Waals surface area (Å²) in [5.41, 5.74) is 4.74. The minimum atomic E-state index is -1.13. The molecule has 42 heavy (non-hydrogen) atoms. The van der Waals surface area contributed by atoms with Gasteiger partial charge in [0.1, 0.15) is 22.7 Å². The first-order valence-corrected chi connectivity index (χ1v) is 13.3. The van der Waals surface area contributed by atoms with Crippen molar-refractivity contribution < 1.29 is 18.7 Å². The van der Waals surface area contributed by atoms with Crippen LogP contribution in [0.15, 0.2) is 91.1 Å². The van der Waals surface area contributed by atoms with Crippen LogP contribution in [0.3, 0.4) is 0 Å². The molecule has 9 heteroatoms. The molecule has 0 radical (unpaired) electrons. The van der Waals surface area contributed by atoms with E-state index in [-0.39, 0.29) is 18.3 Å². The van der Waals surface area contributed by atoms with Crippen LogP contribution in [0.1, 0.15) is 24.2 Å². The summed E-state index contributed by atoms with van der Waals surface area (Å²) in [5, 5.41) is 6.43. The molecule has 0 atom stereocenters. The molecule has 2 amide bonds. The number of nitrogens with zero attached hydrogens (tertiary/aromatic N) is 2. The Bertz CT molecular complexity index is 1770. The zero-order valence-electron chi connectivity index (χ0n) is 23.0. The first kappa shape index (κ1) is 28.7. The van der Waals surface area contributed by atoms with Crippen LogP contribution in [-0.2, 0) is 9.59 Å². The van der Waals surface area contributed by atoms with Gasteiger partial charge in [0, 0.05) is 34.3 Å². The molecule has 1 aliphatic rings. The predicted octanol–water partition coefficient (Wildman–Crippen LogP) is 7.62. The van der Waals surface area contributed by atoms with E-state index >= 15 is 0 Å². The molecule has 3 aromatic carbocycles. The number of anilines is 2. The van der Waals surface area contributed by atoms with E-state index in [0.717, 1.165) is 33.4 Å². The summed E-state index contributed by atoms with van der Waals surface area (Å²) in [6.07, 6.45) is 2.61. The average Bonchev–Trinajstić information content (AvgIpc) is 3.77. The van der Waals surface area contributed by atoms with Gasteiger partial charge >= 0.3 is 0 Å². The third-order valence-corrected chi connectivity index (χ3v) is 7.18. The normalized spacial score (nSPS) is 13.1. The first-order valence-electron chi connectivity index (χ1n) is 13.3. The number of carbonyl (C=O) groups excluding carboxylic acids is 2. The fourth-order valence-electron chi connectivity index (χ4n) is 4.84. The number of aryl methyl sites for hydroxylation is 2. The molecule has 2 heterocycles. The summed E-state index contributed by atoms with van der Waals surface area (Å²) in [4.78, 5) is 34.8. The van der Waals surface area contributed by atoms with Crippen molar-refractivity contribution in [2.45, 2.75) is 26.7 Å². The number of hydrogen-bond acceptors (Lipinski definition) is 5. The predicted molar refractivity (Wildman–Crippen MR) is 164 cm³/mol. The lowest BCUT2D eigenvalue weighted by atomic mass is 10.0. The molecule has 0 bridgehead atoms. The molecule has 1 fully saturated rings. The van der Waals surface area contributed by atoms with E-state index in [9.17, 15) is 14.0 Å². The van der Waals surface area contributed by atoms with E-state index < -0.39 is 17.1 Å². The van der Waals surface area contributed by atoms with Gasteiger partial charge in [-0.15, -0.1) is 12.4 Å². The zero-order valence-corrected chi connectivity index (χ0v) is 23.8. The molecule has 0 spiro atoms. The summed E-state index contributed by atoms with van der Waals surface area (Å²) in [5.74, 6) is 0.0847. The number of fused-ring (bicyclic) bond motifs is 1. The van der Waals surface area contributed by atoms with Crippen LogP contribution in [0.5, 0.6) is 11.5 Å². The molecule has 212 valence electrons. The minimum Gasteiger partial charge on any atom is -0.457 e. The number of hydrogen-bond donors (Lipinski definition) is 2. The number of halogens is 2. The Morgan fingerprint density at radius 3 is 1.98 bits per heavy atom. The highest BCUT2D eigenvalue weighted by Gasteiger charge is 2.56. The van der Waals surface area contributed by atoms with Crippen molar-refractivity contribution in [3.05, 3.63) is 108 Å². The number of carbonyl (C=O) groups is 2. The first-order chi connectivity index (χ1) is 19.8. The van der Waals surface area contributed by atoms with Gasteiger partial charge < -0.3 is 15.4 Å². The van der Waals surface area contributed by atoms with Crippen LogP contribution < -0.4 is 15.4 Å². The van der Waals surface area contributed by atoms with E-state index in [2.05, 4.69) is 32.7 Å². The van der Waals surface area contributed by atoms with Crippen molar-refractivity contribution in [2.24, 2.45) is 5.41 Å². The van der Waals surface area contributed by atoms with Crippen LogP contribution in [-0.4, -0.2) is 21.8 Å². The maximum absolute atomic E-state index is 13.2. The molecule has 1 saturated carbocycles. The third-order valence-electron chi connectivity index (χ3n) is 7.18. The fourth-order valence-corrected chi connectivity index (χ4v) is 4.84. The third kappa shape index (κ3) is 5.94. The molecule has 0 aliphatic heterocycles. The van der Waals surface area contributed by atoms with E-state index in [1.165, 1.54) is 24.3 Å². The monoisotopic (exact) mass is 582 g/mol. The standard InChI is InChI=1S/C33H27FN4O3.ClH/c1-20-17-23(18-21(2)36-20)22-3-12-28-29(19-22)35-16-13-30(28)41-27-10-8-26(9-11-27)38-32(40)33(14-15-33)31(39)37-25-6-4-24(34)5-7-25;/h3-13,16-19H,14-15H2,1-2H3,(H,37,39)(H,38,40);1H. The van der Waals surface area contributed by atoms with Crippen molar-refractivity contribution in [3.63, 3.8) is 0 Å². The summed E-state index contributed by atoms with van der Waals surface area (Å²) in [7, 11) is 0. The molecule has 6 rings (SSSR count). The SMILES string of the molecule is Cc1cc(-c2ccc3c(Oc4ccc(NC(=O)C5(C(=O)Nc6ccc(F)cc6)CC5)cc4)ccnc3c2)cc(C)n1.Cl. The number of nitrogens with one attached hydrogen (secondary N) is 2. The average molecular weight is 583 g/mol. The van der Waals surface area contributed by atoms with E-state index in [4.69, 9.17) is 4.74 Å². The number of benzene rings is 3. The number of ether oxygens (including phenoxy) is 1. The molecule has 7 nitrogen and oxygen atoms in total. The van der Waals surface area contributed by atoms with E-state index in [1.807, 2.05) is 38.1 Å². The Kier molecular flexibility index (Phi) is 7.91. The van der Waals surface area contributed by atoms with Crippen molar-refractivity contribution in [2.75, 3.05) is 10.6 Å². The van der Waals surface area contributed by atoms with Crippen molar-refractivity contribution in [3.8, 4) is 22.6 Å². The maximum Gasteiger partial charge on any atom is 0.240 e. The molecule has 2 aromatic heterocycles. The molecule has 0 saturated heterocycles. The Morgan fingerprint density at radius 1 is 0.786 bits per heavy atom. The Morgan fingerprint density at radius 2 is 1.38 bits per heavy atom. The molecular formula is C33H28ClFN4O3. The number of pyridine rings is 2. The van der Waals surface area contributed by atoms with Crippen molar-refractivity contribution >= 4 is 46.5 Å². The number of rotatable bonds is 7. The molecule has 1 aliphatic carbocycles. The Balaban J connectivity index is 0.00000353. The lowest BCUT2D eigenvalue weighted by Crippen LogP contribution is -2.35. The molecule has 5 aromatic rings. The van der Waals surface area contributed by atoms with Gasteiger partial charge in [0.15, 0.2) is 0 Å². The second kappa shape index (κ2) is 11.6. The maximum atomic E-state index is 13.2. The van der Waals surface area contributed by atoms with Gasteiger partial charge in [0.2, 0.25) is 11.8 Å². The fraction of sp³-hybridized carbons (Fsp3) is 0.152. The largest absolute Gasteiger partial charge is 0.457 e. The lowest BCUT2D eigenvalue weighted by molar-refractivity contribution is -0.131. The smallest absolute Gasteiger partial charge is 0.240 e. The van der Waals surface area contributed by atoms with E-state index in [0.29, 0.717) is 35.7 Å². The summed E-state index contributed by atoms with van der Waals surface area (Å²) < 4.78 is 19.3. The van der Waals surface area contributed by atoms with Crippen molar-refractivity contribution in [1.29, 1.82) is 0 Å². The van der Waals surface area contributed by atoms with Crippen LogP contribution in [0, 0.1) is 25.1 Å². The van der Waals surface area contributed by atoms with Gasteiger partial charge in [0.05, 0.1) is 5.52 Å². The summed E-state index contributed by atoms with van der Waals surface area (Å²) in [6.45, 7) is 3.96. The second-order valence-corrected chi connectivity index (χ2v) is 10.3. The quantitative estimate of drug-likeness (QED) is 0.192. The lowest BCUT2D eigenvalue weighted by Gasteiger charge is -2.16. The molecular weight excluding hydrogens is 555 g/mol. The van der Waals surface area contributed by atoms with Crippen LogP contribution in [0.2, 0.25) is 0 Å². The van der Waals surface area contributed by atoms with Crippen LogP contribution in [0.25, 0.3) is 22.0 Å². The van der Waals surface area contributed by atoms with Crippen molar-refractivity contribution in [1.82, 2.24) is 9.97 Å². The van der Waals surface area contributed by atoms with Crippen LogP contribution >= 0.6 is 12.4 Å². The van der Waals surface area contributed by atoms with Gasteiger partial charge in [-0.25, -0.2) is 4.39 Å². The summed E-state index contributed by atoms with van der Waals surface area (Å²) in [6, 6.07) is 24.4. The zero-order chi connectivity index (χ0) is 28.6. The molecule has 0 unspecified atom stereocenters. The second-order valence-electron chi connectivity index (χ2n) is 10.3. The Hall–Kier alpha value is -4.82. The van der Waals surface area contributed by atoms with E-state index in [1.54, 1.807) is 30.5 Å². The highest BCUT2D eigenvalue weighted by Crippen LogP contribution is 2.47. The number of amides is 2. The highest BCUT2D eigenvalue weighted by molar-refractivity contribution is 6.16. The van der Waals surface area contributed by atoms with Gasteiger partial charge in [-0.2, -0.15) is 0 Å². The Labute approximate surface area is 248 Å². The highest BCUT2D eigenvalue weighted by atomic mass is 35.5. The number of aromatic nitrogens is 2. The van der Waals surface area contributed by atoms with Crippen LogP contribution in [0.4, 0.5) is 15.8 Å². The van der Waals surface area contributed by atoms with Gasteiger partial charge in [-0.05, 0) is 117 Å². The summed E-state index contributed by atoms with van der Waals surface area (Å²) >= 11 is 0. The van der Waals surface area contributed by atoms with Gasteiger partial charge in [0.25, 0.3) is 0 Å². The van der Waals surface area contributed by atoms with Gasteiger partial charge in [-0.1, -0.05) is 6.07 Å².